The molecule has 0 spiro atoms. The van der Waals surface area contributed by atoms with Gasteiger partial charge in [-0.15, -0.1) is 0 Å². The standard InChI is InChI=1S/C22H20F4N8/c1-12(13(7-27)8-30-17-5-3-2-4-16(17)23)18-6-15(19(34-18)20(29)33-11-28)14-9-31-21(32-10-14)22(24,25)26/h2-12,34H,27H2,1H3,(H3,28,29,33). The number of alkyl halides is 3. The lowest BCUT2D eigenvalue weighted by Gasteiger charge is -2.10. The molecule has 0 aliphatic carbocycles. The second-order valence-corrected chi connectivity index (χ2v) is 7.05. The molecular weight excluding hydrogens is 452 g/mol. The summed E-state index contributed by atoms with van der Waals surface area (Å²) in [6.07, 6.45) is 0.823. The van der Waals surface area contributed by atoms with Gasteiger partial charge in [-0.2, -0.15) is 13.2 Å². The number of allylic oxidation sites excluding steroid dienone is 1. The van der Waals surface area contributed by atoms with E-state index in [1.807, 2.05) is 0 Å². The zero-order chi connectivity index (χ0) is 24.9. The van der Waals surface area contributed by atoms with Crippen molar-refractivity contribution in [2.45, 2.75) is 19.0 Å². The van der Waals surface area contributed by atoms with Crippen LogP contribution in [0.4, 0.5) is 23.2 Å². The number of benzene rings is 1. The smallest absolute Gasteiger partial charge is 0.404 e. The van der Waals surface area contributed by atoms with Crippen molar-refractivity contribution in [3.05, 3.63) is 77.5 Å². The molecule has 0 aliphatic heterocycles. The topological polar surface area (TPSA) is 142 Å². The fraction of sp³-hybridized carbons (Fsp3) is 0.136. The molecule has 34 heavy (non-hydrogen) atoms. The van der Waals surface area contributed by atoms with Crippen LogP contribution < -0.4 is 11.5 Å². The lowest BCUT2D eigenvalue weighted by atomic mass is 9.98. The van der Waals surface area contributed by atoms with Gasteiger partial charge in [0.15, 0.2) is 0 Å². The number of nitrogens with one attached hydrogen (secondary N) is 2. The van der Waals surface area contributed by atoms with E-state index in [-0.39, 0.29) is 22.8 Å². The van der Waals surface area contributed by atoms with Crippen LogP contribution in [0.5, 0.6) is 0 Å². The lowest BCUT2D eigenvalue weighted by molar-refractivity contribution is -0.144. The average Bonchev–Trinajstić information content (AvgIpc) is 3.26. The van der Waals surface area contributed by atoms with Crippen molar-refractivity contribution in [1.29, 1.82) is 5.41 Å². The first kappa shape index (κ1) is 24.3. The quantitative estimate of drug-likeness (QED) is 0.231. The fourth-order valence-corrected chi connectivity index (χ4v) is 3.07. The Kier molecular flexibility index (Phi) is 7.19. The highest BCUT2D eigenvalue weighted by Gasteiger charge is 2.34. The van der Waals surface area contributed by atoms with Crippen LogP contribution >= 0.6 is 0 Å². The van der Waals surface area contributed by atoms with Crippen molar-refractivity contribution in [1.82, 2.24) is 15.0 Å². The largest absolute Gasteiger partial charge is 0.451 e. The zero-order valence-electron chi connectivity index (χ0n) is 17.8. The molecule has 0 radical (unpaired) electrons. The van der Waals surface area contributed by atoms with Crippen LogP contribution in [0.3, 0.4) is 0 Å². The summed E-state index contributed by atoms with van der Waals surface area (Å²) in [7, 11) is 0. The molecule has 0 fully saturated rings. The highest BCUT2D eigenvalue weighted by Crippen LogP contribution is 2.32. The predicted octanol–water partition coefficient (Wildman–Crippen LogP) is 4.29. The van der Waals surface area contributed by atoms with Crippen molar-refractivity contribution in [2.24, 2.45) is 21.5 Å². The number of hydrogen-bond acceptors (Lipinski definition) is 5. The number of aromatic nitrogens is 3. The third-order valence-corrected chi connectivity index (χ3v) is 4.88. The number of H-pyrrole nitrogens is 1. The molecule has 0 saturated heterocycles. The normalized spacial score (nSPS) is 13.9. The first-order valence-corrected chi connectivity index (χ1v) is 9.81. The first-order chi connectivity index (χ1) is 16.2. The molecule has 1 atom stereocenters. The molecule has 0 amide bonds. The van der Waals surface area contributed by atoms with Crippen LogP contribution in [0, 0.1) is 11.2 Å². The number of para-hydroxylation sites is 1. The van der Waals surface area contributed by atoms with Gasteiger partial charge in [0, 0.05) is 41.3 Å². The number of hydrogen-bond donors (Lipinski definition) is 4. The third kappa shape index (κ3) is 5.34. The van der Waals surface area contributed by atoms with Crippen LogP contribution in [0.2, 0.25) is 0 Å². The molecule has 2 heterocycles. The Morgan fingerprint density at radius 3 is 2.47 bits per heavy atom. The van der Waals surface area contributed by atoms with E-state index in [4.69, 9.17) is 16.9 Å². The Labute approximate surface area is 191 Å². The number of nitrogens with zero attached hydrogens (tertiary/aromatic N) is 4. The molecule has 176 valence electrons. The molecule has 0 saturated carbocycles. The summed E-state index contributed by atoms with van der Waals surface area (Å²) in [6, 6.07) is 7.62. The second-order valence-electron chi connectivity index (χ2n) is 7.05. The predicted molar refractivity (Wildman–Crippen MR) is 122 cm³/mol. The van der Waals surface area contributed by atoms with E-state index in [1.165, 1.54) is 24.5 Å². The van der Waals surface area contributed by atoms with Crippen LogP contribution in [0.25, 0.3) is 11.1 Å². The van der Waals surface area contributed by atoms with Crippen LogP contribution in [-0.2, 0) is 6.18 Å². The van der Waals surface area contributed by atoms with E-state index >= 15 is 0 Å². The van der Waals surface area contributed by atoms with Crippen molar-refractivity contribution in [2.75, 3.05) is 0 Å². The van der Waals surface area contributed by atoms with Crippen molar-refractivity contribution >= 4 is 24.1 Å². The van der Waals surface area contributed by atoms with E-state index in [0.29, 0.717) is 16.8 Å². The molecule has 8 nitrogen and oxygen atoms in total. The summed E-state index contributed by atoms with van der Waals surface area (Å²) < 4.78 is 52.4. The monoisotopic (exact) mass is 472 g/mol. The van der Waals surface area contributed by atoms with Gasteiger partial charge in [0.1, 0.15) is 18.0 Å². The third-order valence-electron chi connectivity index (χ3n) is 4.88. The van der Waals surface area contributed by atoms with Gasteiger partial charge in [-0.05, 0) is 30.0 Å². The maximum Gasteiger partial charge on any atom is 0.451 e. The van der Waals surface area contributed by atoms with E-state index in [9.17, 15) is 17.6 Å². The molecular formula is C22H20F4N8. The summed E-state index contributed by atoms with van der Waals surface area (Å²) >= 11 is 0. The Bertz CT molecular complexity index is 1260. The first-order valence-electron chi connectivity index (χ1n) is 9.81. The zero-order valence-corrected chi connectivity index (χ0v) is 17.8. The summed E-state index contributed by atoms with van der Waals surface area (Å²) in [6.45, 7) is 1.79. The van der Waals surface area contributed by atoms with Gasteiger partial charge in [-0.25, -0.2) is 19.4 Å². The number of aliphatic imine (C=N–C) groups is 2. The van der Waals surface area contributed by atoms with Gasteiger partial charge in [-0.3, -0.25) is 10.4 Å². The summed E-state index contributed by atoms with van der Waals surface area (Å²) in [5, 5.41) is 7.17. The molecule has 0 bridgehead atoms. The Balaban J connectivity index is 2.01. The van der Waals surface area contributed by atoms with Crippen molar-refractivity contribution in [3.63, 3.8) is 0 Å². The molecule has 3 rings (SSSR count). The number of halogens is 4. The maximum absolute atomic E-state index is 13.9. The highest BCUT2D eigenvalue weighted by atomic mass is 19.4. The number of amidine groups is 1. The minimum absolute atomic E-state index is 0.0679. The average molecular weight is 472 g/mol. The molecule has 6 N–H and O–H groups in total. The lowest BCUT2D eigenvalue weighted by Crippen LogP contribution is -2.16. The Hall–Kier alpha value is -4.35. The minimum atomic E-state index is -4.68. The van der Waals surface area contributed by atoms with Crippen LogP contribution in [-0.4, -0.2) is 33.3 Å². The van der Waals surface area contributed by atoms with Gasteiger partial charge in [0.25, 0.3) is 0 Å². The number of nitrogens with two attached hydrogens (primary N) is 2. The second kappa shape index (κ2) is 10.1. The van der Waals surface area contributed by atoms with E-state index in [2.05, 4.69) is 24.9 Å². The summed E-state index contributed by atoms with van der Waals surface area (Å²) in [5.74, 6) is -2.25. The SMILES string of the molecule is CC(C(C=Nc1ccccc1F)=CN)c1cc(-c2cnc(C(F)(F)F)nc2)c(C(N)=NC=N)[nH]1. The number of rotatable bonds is 7. The fourth-order valence-electron chi connectivity index (χ4n) is 3.07. The van der Waals surface area contributed by atoms with Gasteiger partial charge < -0.3 is 16.5 Å². The molecule has 3 aromatic rings. The minimum Gasteiger partial charge on any atom is -0.404 e. The Morgan fingerprint density at radius 2 is 1.88 bits per heavy atom. The van der Waals surface area contributed by atoms with Crippen molar-refractivity contribution in [3.8, 4) is 11.1 Å². The van der Waals surface area contributed by atoms with E-state index in [0.717, 1.165) is 18.7 Å². The van der Waals surface area contributed by atoms with Crippen LogP contribution in [0.1, 0.15) is 30.1 Å². The Morgan fingerprint density at radius 1 is 1.21 bits per heavy atom. The van der Waals surface area contributed by atoms with Gasteiger partial charge in [0.05, 0.1) is 11.4 Å². The number of aromatic amines is 1. The van der Waals surface area contributed by atoms with Crippen LogP contribution in [0.15, 0.2) is 64.5 Å². The van der Waals surface area contributed by atoms with Gasteiger partial charge >= 0.3 is 6.18 Å². The summed E-state index contributed by atoms with van der Waals surface area (Å²) in [4.78, 5) is 17.7. The van der Waals surface area contributed by atoms with E-state index < -0.39 is 23.7 Å². The van der Waals surface area contributed by atoms with Crippen molar-refractivity contribution < 1.29 is 17.6 Å². The van der Waals surface area contributed by atoms with Gasteiger partial charge in [-0.1, -0.05) is 19.1 Å². The molecule has 0 aliphatic rings. The maximum atomic E-state index is 13.9. The van der Waals surface area contributed by atoms with E-state index in [1.54, 1.807) is 25.1 Å². The molecule has 2 aromatic heterocycles. The highest BCUT2D eigenvalue weighted by molar-refractivity contribution is 6.04. The molecule has 12 heteroatoms. The molecule has 1 unspecified atom stereocenters. The van der Waals surface area contributed by atoms with Gasteiger partial charge in [0.2, 0.25) is 5.82 Å². The molecule has 1 aromatic carbocycles. The summed E-state index contributed by atoms with van der Waals surface area (Å²) in [5.41, 5.74) is 13.8.